The van der Waals surface area contributed by atoms with Crippen molar-refractivity contribution in [2.24, 2.45) is 0 Å². The summed E-state index contributed by atoms with van der Waals surface area (Å²) < 4.78 is 1.10. The fraction of sp³-hybridized carbons (Fsp3) is 0.333. The van der Waals surface area contributed by atoms with Crippen molar-refractivity contribution >= 4 is 44.6 Å². The maximum Gasteiger partial charge on any atom is 0.170 e. The summed E-state index contributed by atoms with van der Waals surface area (Å²) in [4.78, 5) is 7.87. The molecular formula is C15H16BrN3OS2. The van der Waals surface area contributed by atoms with Gasteiger partial charge in [-0.2, -0.15) is 0 Å². The summed E-state index contributed by atoms with van der Waals surface area (Å²) in [6.07, 6.45) is 2.50. The van der Waals surface area contributed by atoms with Crippen LogP contribution in [0.3, 0.4) is 0 Å². The van der Waals surface area contributed by atoms with Gasteiger partial charge in [0.2, 0.25) is 0 Å². The highest BCUT2D eigenvalue weighted by molar-refractivity contribution is 9.11. The van der Waals surface area contributed by atoms with E-state index < -0.39 is 0 Å². The molecule has 0 aromatic carbocycles. The fourth-order valence-corrected chi connectivity index (χ4v) is 4.59. The molecule has 0 aliphatic carbocycles. The van der Waals surface area contributed by atoms with Crippen molar-refractivity contribution in [3.8, 4) is 0 Å². The normalized spacial score (nSPS) is 21.2. The molecule has 0 radical (unpaired) electrons. The lowest BCUT2D eigenvalue weighted by atomic mass is 10.0. The Morgan fingerprint density at radius 3 is 2.86 bits per heavy atom. The first kappa shape index (κ1) is 15.9. The lowest BCUT2D eigenvalue weighted by Crippen LogP contribution is -2.30. The van der Waals surface area contributed by atoms with Crippen LogP contribution in [0, 0.1) is 0 Å². The number of aromatic nitrogens is 1. The monoisotopic (exact) mass is 397 g/mol. The SMILES string of the molecule is OCCCN1C(=S)N[C@@H](c2ccccn2)[C@H]1c1ccc(Br)s1. The van der Waals surface area contributed by atoms with Gasteiger partial charge in [0.05, 0.1) is 21.6 Å². The zero-order chi connectivity index (χ0) is 15.5. The molecule has 2 aromatic rings. The molecule has 2 N–H and O–H groups in total. The Labute approximate surface area is 147 Å². The first-order valence-corrected chi connectivity index (χ1v) is 9.06. The van der Waals surface area contributed by atoms with E-state index >= 15 is 0 Å². The number of aliphatic hydroxyl groups is 1. The quantitative estimate of drug-likeness (QED) is 0.758. The van der Waals surface area contributed by atoms with E-state index in [1.807, 2.05) is 18.2 Å². The smallest absolute Gasteiger partial charge is 0.170 e. The van der Waals surface area contributed by atoms with Crippen molar-refractivity contribution in [3.63, 3.8) is 0 Å². The summed E-state index contributed by atoms with van der Waals surface area (Å²) in [5, 5.41) is 13.3. The summed E-state index contributed by atoms with van der Waals surface area (Å²) in [6, 6.07) is 10.2. The molecule has 0 saturated carbocycles. The van der Waals surface area contributed by atoms with Crippen LogP contribution in [0.15, 0.2) is 40.3 Å². The summed E-state index contributed by atoms with van der Waals surface area (Å²) in [7, 11) is 0. The Morgan fingerprint density at radius 1 is 1.36 bits per heavy atom. The predicted molar refractivity (Wildman–Crippen MR) is 95.9 cm³/mol. The molecule has 4 nitrogen and oxygen atoms in total. The van der Waals surface area contributed by atoms with Crippen LogP contribution in [-0.2, 0) is 0 Å². The maximum absolute atomic E-state index is 9.15. The van der Waals surface area contributed by atoms with E-state index in [2.05, 4.69) is 43.3 Å². The van der Waals surface area contributed by atoms with Crippen LogP contribution < -0.4 is 5.32 Å². The van der Waals surface area contributed by atoms with Crippen molar-refractivity contribution in [2.75, 3.05) is 13.2 Å². The topological polar surface area (TPSA) is 48.4 Å². The molecule has 0 bridgehead atoms. The minimum atomic E-state index is 0.0259. The number of nitrogens with one attached hydrogen (secondary N) is 1. The average Bonchev–Trinajstić information content (AvgIpc) is 3.09. The Bertz CT molecular complexity index is 649. The van der Waals surface area contributed by atoms with Gasteiger partial charge in [-0.1, -0.05) is 6.07 Å². The first-order chi connectivity index (χ1) is 10.7. The summed E-state index contributed by atoms with van der Waals surface area (Å²) >= 11 is 10.8. The molecule has 0 unspecified atom stereocenters. The molecule has 0 amide bonds. The first-order valence-electron chi connectivity index (χ1n) is 7.05. The molecule has 1 saturated heterocycles. The van der Waals surface area contributed by atoms with Crippen LogP contribution in [0.4, 0.5) is 0 Å². The fourth-order valence-electron chi connectivity index (χ4n) is 2.68. The Balaban J connectivity index is 1.96. The molecular weight excluding hydrogens is 382 g/mol. The van der Waals surface area contributed by atoms with Gasteiger partial charge in [0.15, 0.2) is 5.11 Å². The van der Waals surface area contributed by atoms with E-state index in [0.717, 1.165) is 21.1 Å². The zero-order valence-electron chi connectivity index (χ0n) is 11.8. The summed E-state index contributed by atoms with van der Waals surface area (Å²) in [5.74, 6) is 0. The van der Waals surface area contributed by atoms with Crippen LogP contribution >= 0.6 is 39.5 Å². The molecule has 22 heavy (non-hydrogen) atoms. The van der Waals surface area contributed by atoms with E-state index in [4.69, 9.17) is 17.3 Å². The third-order valence-corrected chi connectivity index (χ3v) is 5.69. The van der Waals surface area contributed by atoms with Gasteiger partial charge in [-0.15, -0.1) is 11.3 Å². The Morgan fingerprint density at radius 2 is 2.23 bits per heavy atom. The minimum Gasteiger partial charge on any atom is -0.396 e. The van der Waals surface area contributed by atoms with Gasteiger partial charge in [-0.3, -0.25) is 4.98 Å². The lowest BCUT2D eigenvalue weighted by Gasteiger charge is -2.26. The lowest BCUT2D eigenvalue weighted by molar-refractivity contribution is 0.249. The molecule has 0 spiro atoms. The van der Waals surface area contributed by atoms with Crippen molar-refractivity contribution in [3.05, 3.63) is 50.9 Å². The second-order valence-corrected chi connectivity index (χ2v) is 7.92. The number of aliphatic hydroxyl groups excluding tert-OH is 1. The largest absolute Gasteiger partial charge is 0.396 e. The second kappa shape index (κ2) is 7.04. The van der Waals surface area contributed by atoms with Crippen LogP contribution in [-0.4, -0.2) is 33.3 Å². The standard InChI is InChI=1S/C15H16BrN3OS2/c16-12-6-5-11(22-12)14-13(10-4-1-2-7-17-10)18-15(21)19(14)8-3-9-20/h1-2,4-7,13-14,20H,3,8-9H2,(H,18,21)/t13-,14+/m0/s1. The van der Waals surface area contributed by atoms with E-state index in [-0.39, 0.29) is 18.7 Å². The number of halogens is 1. The summed E-state index contributed by atoms with van der Waals surface area (Å²) in [6.45, 7) is 0.889. The molecule has 7 heteroatoms. The molecule has 2 atom stereocenters. The van der Waals surface area contributed by atoms with Gasteiger partial charge in [0, 0.05) is 24.2 Å². The maximum atomic E-state index is 9.15. The number of thiophene rings is 1. The Kier molecular flexibility index (Phi) is 5.07. The molecule has 1 aliphatic heterocycles. The van der Waals surface area contributed by atoms with Gasteiger partial charge >= 0.3 is 0 Å². The van der Waals surface area contributed by atoms with Crippen LogP contribution in [0.1, 0.15) is 29.1 Å². The number of thiocarbonyl (C=S) groups is 1. The van der Waals surface area contributed by atoms with Crippen LogP contribution in [0.2, 0.25) is 0 Å². The van der Waals surface area contributed by atoms with Crippen LogP contribution in [0.5, 0.6) is 0 Å². The predicted octanol–water partition coefficient (Wildman–Crippen LogP) is 3.26. The summed E-state index contributed by atoms with van der Waals surface area (Å²) in [5.41, 5.74) is 0.978. The molecule has 3 heterocycles. The highest BCUT2D eigenvalue weighted by Gasteiger charge is 2.40. The number of rotatable bonds is 5. The van der Waals surface area contributed by atoms with Gasteiger partial charge in [0.25, 0.3) is 0 Å². The molecule has 1 aliphatic rings. The van der Waals surface area contributed by atoms with Crippen molar-refractivity contribution in [1.29, 1.82) is 0 Å². The van der Waals surface area contributed by atoms with Crippen LogP contribution in [0.25, 0.3) is 0 Å². The van der Waals surface area contributed by atoms with E-state index in [1.54, 1.807) is 17.5 Å². The highest BCUT2D eigenvalue weighted by atomic mass is 79.9. The Hall–Kier alpha value is -1.02. The molecule has 2 aromatic heterocycles. The van der Waals surface area contributed by atoms with Gasteiger partial charge in [-0.05, 0) is 58.8 Å². The van der Waals surface area contributed by atoms with Gasteiger partial charge in [-0.25, -0.2) is 0 Å². The highest BCUT2D eigenvalue weighted by Crippen LogP contribution is 2.42. The average molecular weight is 398 g/mol. The molecule has 1 fully saturated rings. The zero-order valence-corrected chi connectivity index (χ0v) is 15.0. The number of hydrogen-bond donors (Lipinski definition) is 2. The van der Waals surface area contributed by atoms with Crippen molar-refractivity contribution in [1.82, 2.24) is 15.2 Å². The van der Waals surface area contributed by atoms with E-state index in [9.17, 15) is 0 Å². The van der Waals surface area contributed by atoms with E-state index in [0.29, 0.717) is 6.42 Å². The third-order valence-electron chi connectivity index (χ3n) is 3.64. The van der Waals surface area contributed by atoms with E-state index in [1.165, 1.54) is 4.88 Å². The number of pyridine rings is 1. The van der Waals surface area contributed by atoms with Gasteiger partial charge < -0.3 is 15.3 Å². The molecule has 116 valence electrons. The second-order valence-electron chi connectivity index (χ2n) is 5.04. The number of nitrogens with zero attached hydrogens (tertiary/aromatic N) is 2. The molecule has 3 rings (SSSR count). The van der Waals surface area contributed by atoms with Crippen molar-refractivity contribution in [2.45, 2.75) is 18.5 Å². The third kappa shape index (κ3) is 3.17. The number of hydrogen-bond acceptors (Lipinski definition) is 4. The minimum absolute atomic E-state index is 0.0259. The van der Waals surface area contributed by atoms with Gasteiger partial charge in [0.1, 0.15) is 0 Å². The van der Waals surface area contributed by atoms with Crippen molar-refractivity contribution < 1.29 is 5.11 Å².